The van der Waals surface area contributed by atoms with E-state index in [4.69, 9.17) is 11.6 Å². The second-order valence-electron chi connectivity index (χ2n) is 7.93. The Kier molecular flexibility index (Phi) is 6.91. The van der Waals surface area contributed by atoms with Crippen LogP contribution in [0.3, 0.4) is 0 Å². The maximum absolute atomic E-state index is 13.4. The van der Waals surface area contributed by atoms with E-state index in [0.717, 1.165) is 12.0 Å². The fourth-order valence-electron chi connectivity index (χ4n) is 3.70. The molecule has 29 heavy (non-hydrogen) atoms. The van der Waals surface area contributed by atoms with Crippen LogP contribution in [0.4, 0.5) is 4.39 Å². The molecule has 0 aromatic heterocycles. The standard InChI is InChI=1S/C23H26ClFN2O2/c1-15(2)11-12-26-22(28)20-14-27(23(29)18-5-3-4-6-21(18)24)13-19(20)16-7-9-17(25)10-8-16/h3-10,15,19-20H,11-14H2,1-2H3,(H,26,28)/t19-,20+/m1/s1. The third kappa shape index (κ3) is 5.15. The number of hydrogen-bond acceptors (Lipinski definition) is 2. The monoisotopic (exact) mass is 416 g/mol. The summed E-state index contributed by atoms with van der Waals surface area (Å²) in [6.07, 6.45) is 0.891. The van der Waals surface area contributed by atoms with Crippen molar-refractivity contribution < 1.29 is 14.0 Å². The van der Waals surface area contributed by atoms with Gasteiger partial charge in [0.1, 0.15) is 5.82 Å². The van der Waals surface area contributed by atoms with Gasteiger partial charge in [-0.2, -0.15) is 0 Å². The molecule has 4 nitrogen and oxygen atoms in total. The Hall–Kier alpha value is -2.40. The second-order valence-corrected chi connectivity index (χ2v) is 8.34. The third-order valence-corrected chi connectivity index (χ3v) is 5.70. The Morgan fingerprint density at radius 2 is 1.83 bits per heavy atom. The van der Waals surface area contributed by atoms with Gasteiger partial charge in [-0.1, -0.05) is 49.7 Å². The third-order valence-electron chi connectivity index (χ3n) is 5.37. The summed E-state index contributed by atoms with van der Waals surface area (Å²) in [7, 11) is 0. The Bertz CT molecular complexity index is 869. The van der Waals surface area contributed by atoms with E-state index >= 15 is 0 Å². The minimum absolute atomic E-state index is 0.0746. The lowest BCUT2D eigenvalue weighted by atomic mass is 9.88. The smallest absolute Gasteiger partial charge is 0.255 e. The van der Waals surface area contributed by atoms with Gasteiger partial charge in [-0.3, -0.25) is 9.59 Å². The van der Waals surface area contributed by atoms with E-state index in [9.17, 15) is 14.0 Å². The first-order chi connectivity index (χ1) is 13.9. The molecule has 1 N–H and O–H groups in total. The number of carbonyl (C=O) groups excluding carboxylic acids is 2. The van der Waals surface area contributed by atoms with Gasteiger partial charge in [0.2, 0.25) is 5.91 Å². The molecular weight excluding hydrogens is 391 g/mol. The van der Waals surface area contributed by atoms with E-state index in [1.165, 1.54) is 12.1 Å². The molecule has 3 rings (SSSR count). The topological polar surface area (TPSA) is 49.4 Å². The van der Waals surface area contributed by atoms with Crippen molar-refractivity contribution in [2.24, 2.45) is 11.8 Å². The quantitative estimate of drug-likeness (QED) is 0.753. The van der Waals surface area contributed by atoms with Crippen molar-refractivity contribution in [2.75, 3.05) is 19.6 Å². The van der Waals surface area contributed by atoms with Gasteiger partial charge in [-0.25, -0.2) is 4.39 Å². The van der Waals surface area contributed by atoms with Gasteiger partial charge >= 0.3 is 0 Å². The highest BCUT2D eigenvalue weighted by Gasteiger charge is 2.40. The van der Waals surface area contributed by atoms with E-state index < -0.39 is 0 Å². The number of nitrogens with one attached hydrogen (secondary N) is 1. The van der Waals surface area contributed by atoms with Crippen LogP contribution in [-0.4, -0.2) is 36.3 Å². The summed E-state index contributed by atoms with van der Waals surface area (Å²) in [5.41, 5.74) is 1.28. The zero-order chi connectivity index (χ0) is 21.0. The molecule has 154 valence electrons. The van der Waals surface area contributed by atoms with Crippen LogP contribution >= 0.6 is 11.6 Å². The number of rotatable bonds is 6. The van der Waals surface area contributed by atoms with Crippen molar-refractivity contribution in [1.29, 1.82) is 0 Å². The maximum atomic E-state index is 13.4. The summed E-state index contributed by atoms with van der Waals surface area (Å²) in [5, 5.41) is 3.39. The number of benzene rings is 2. The average molecular weight is 417 g/mol. The van der Waals surface area contributed by atoms with Crippen LogP contribution in [0.2, 0.25) is 5.02 Å². The predicted molar refractivity (Wildman–Crippen MR) is 112 cm³/mol. The number of carbonyl (C=O) groups is 2. The van der Waals surface area contributed by atoms with Crippen LogP contribution in [0.15, 0.2) is 48.5 Å². The predicted octanol–water partition coefficient (Wildman–Crippen LogP) is 4.50. The van der Waals surface area contributed by atoms with Gasteiger partial charge in [0.25, 0.3) is 5.91 Å². The van der Waals surface area contributed by atoms with Crippen LogP contribution in [0.1, 0.15) is 42.1 Å². The molecule has 2 aromatic carbocycles. The Balaban J connectivity index is 1.81. The normalized spacial score (nSPS) is 18.9. The number of halogens is 2. The van der Waals surface area contributed by atoms with Crippen molar-refractivity contribution in [2.45, 2.75) is 26.2 Å². The highest BCUT2D eigenvalue weighted by atomic mass is 35.5. The minimum Gasteiger partial charge on any atom is -0.356 e. The SMILES string of the molecule is CC(C)CCNC(=O)[C@H]1CN(C(=O)c2ccccc2Cl)C[C@@H]1c1ccc(F)cc1. The van der Waals surface area contributed by atoms with Crippen molar-refractivity contribution in [3.05, 3.63) is 70.5 Å². The van der Waals surface area contributed by atoms with Gasteiger partial charge in [-0.05, 0) is 42.2 Å². The van der Waals surface area contributed by atoms with E-state index in [0.29, 0.717) is 36.1 Å². The summed E-state index contributed by atoms with van der Waals surface area (Å²) in [6, 6.07) is 13.1. The minimum atomic E-state index is -0.390. The molecule has 2 atom stereocenters. The molecule has 0 saturated carbocycles. The number of amides is 2. The molecule has 0 spiro atoms. The van der Waals surface area contributed by atoms with E-state index in [1.807, 2.05) is 0 Å². The molecule has 1 aliphatic rings. The first kappa shape index (κ1) is 21.3. The summed E-state index contributed by atoms with van der Waals surface area (Å²) in [6.45, 7) is 5.50. The summed E-state index contributed by atoms with van der Waals surface area (Å²) >= 11 is 6.20. The molecular formula is C23H26ClFN2O2. The molecule has 1 fully saturated rings. The van der Waals surface area contributed by atoms with Crippen molar-refractivity contribution in [3.8, 4) is 0 Å². The average Bonchev–Trinajstić information content (AvgIpc) is 3.13. The van der Waals surface area contributed by atoms with E-state index in [2.05, 4.69) is 19.2 Å². The molecule has 0 aliphatic carbocycles. The lowest BCUT2D eigenvalue weighted by molar-refractivity contribution is -0.124. The van der Waals surface area contributed by atoms with Crippen LogP contribution in [-0.2, 0) is 4.79 Å². The Morgan fingerprint density at radius 3 is 2.48 bits per heavy atom. The van der Waals surface area contributed by atoms with E-state index in [-0.39, 0.29) is 29.5 Å². The van der Waals surface area contributed by atoms with Gasteiger partial charge in [0.05, 0.1) is 16.5 Å². The number of nitrogens with zero attached hydrogens (tertiary/aromatic N) is 1. The highest BCUT2D eigenvalue weighted by Crippen LogP contribution is 2.34. The molecule has 0 unspecified atom stereocenters. The highest BCUT2D eigenvalue weighted by molar-refractivity contribution is 6.33. The summed E-state index contributed by atoms with van der Waals surface area (Å²) < 4.78 is 13.4. The first-order valence-electron chi connectivity index (χ1n) is 9.93. The largest absolute Gasteiger partial charge is 0.356 e. The lowest BCUT2D eigenvalue weighted by Gasteiger charge is -2.18. The second kappa shape index (κ2) is 9.40. The van der Waals surface area contributed by atoms with Crippen molar-refractivity contribution in [3.63, 3.8) is 0 Å². The van der Waals surface area contributed by atoms with Gasteiger partial charge in [0, 0.05) is 25.6 Å². The molecule has 2 amide bonds. The molecule has 1 aliphatic heterocycles. The van der Waals surface area contributed by atoms with Crippen LogP contribution in [0, 0.1) is 17.7 Å². The van der Waals surface area contributed by atoms with E-state index in [1.54, 1.807) is 41.3 Å². The summed E-state index contributed by atoms with van der Waals surface area (Å²) in [4.78, 5) is 27.6. The molecule has 0 bridgehead atoms. The fourth-order valence-corrected chi connectivity index (χ4v) is 3.92. The summed E-state index contributed by atoms with van der Waals surface area (Å²) in [5.74, 6) is -0.687. The fraction of sp³-hybridized carbons (Fsp3) is 0.391. The van der Waals surface area contributed by atoms with Crippen LogP contribution in [0.5, 0.6) is 0 Å². The zero-order valence-electron chi connectivity index (χ0n) is 16.7. The zero-order valence-corrected chi connectivity index (χ0v) is 17.5. The number of likely N-dealkylation sites (tertiary alicyclic amines) is 1. The molecule has 1 saturated heterocycles. The maximum Gasteiger partial charge on any atom is 0.255 e. The molecule has 0 radical (unpaired) electrons. The van der Waals surface area contributed by atoms with Crippen LogP contribution < -0.4 is 5.32 Å². The van der Waals surface area contributed by atoms with Crippen molar-refractivity contribution in [1.82, 2.24) is 10.2 Å². The number of hydrogen-bond donors (Lipinski definition) is 1. The lowest BCUT2D eigenvalue weighted by Crippen LogP contribution is -2.36. The van der Waals surface area contributed by atoms with Gasteiger partial charge < -0.3 is 10.2 Å². The van der Waals surface area contributed by atoms with Crippen molar-refractivity contribution >= 4 is 23.4 Å². The Morgan fingerprint density at radius 1 is 1.14 bits per heavy atom. The molecule has 2 aromatic rings. The van der Waals surface area contributed by atoms with Crippen LogP contribution in [0.25, 0.3) is 0 Å². The molecule has 1 heterocycles. The van der Waals surface area contributed by atoms with Gasteiger partial charge in [0.15, 0.2) is 0 Å². The van der Waals surface area contributed by atoms with Gasteiger partial charge in [-0.15, -0.1) is 0 Å². The Labute approximate surface area is 176 Å². The first-order valence-corrected chi connectivity index (χ1v) is 10.3. The molecule has 6 heteroatoms.